The zero-order valence-corrected chi connectivity index (χ0v) is 18.4. The molecule has 0 unspecified atom stereocenters. The molecule has 0 saturated heterocycles. The maximum Gasteiger partial charge on any atom is 0.409 e. The fraction of sp³-hybridized carbons (Fsp3) is 0.208. The van der Waals surface area contributed by atoms with Crippen LogP contribution >= 0.6 is 11.3 Å². The van der Waals surface area contributed by atoms with Gasteiger partial charge in [0.05, 0.1) is 30.1 Å². The summed E-state index contributed by atoms with van der Waals surface area (Å²) in [6, 6.07) is 23.5. The van der Waals surface area contributed by atoms with Crippen LogP contribution in [0, 0.1) is 0 Å². The first-order chi connectivity index (χ1) is 15.1. The summed E-state index contributed by atoms with van der Waals surface area (Å²) in [4.78, 5) is 2.16. The Balaban J connectivity index is 1.33. The predicted octanol–water partition coefficient (Wildman–Crippen LogP) is 5.50. The molecular formula is C24H25N4O2S+. The maximum atomic E-state index is 9.66. The van der Waals surface area contributed by atoms with Crippen LogP contribution in [0.15, 0.2) is 83.0 Å². The summed E-state index contributed by atoms with van der Waals surface area (Å²) >= 11 is 1.50. The van der Waals surface area contributed by atoms with Gasteiger partial charge in [0.15, 0.2) is 0 Å². The quantitative estimate of drug-likeness (QED) is 0.227. The molecule has 0 saturated carbocycles. The fourth-order valence-electron chi connectivity index (χ4n) is 3.19. The number of benzene rings is 3. The molecule has 0 aliphatic heterocycles. The van der Waals surface area contributed by atoms with Crippen molar-refractivity contribution in [2.75, 3.05) is 25.1 Å². The van der Waals surface area contributed by atoms with Gasteiger partial charge < -0.3 is 14.7 Å². The summed E-state index contributed by atoms with van der Waals surface area (Å²) in [6.45, 7) is 2.09. The van der Waals surface area contributed by atoms with Crippen LogP contribution in [0.4, 0.5) is 16.5 Å². The van der Waals surface area contributed by atoms with Crippen molar-refractivity contribution in [3.8, 4) is 5.75 Å². The van der Waals surface area contributed by atoms with E-state index in [-0.39, 0.29) is 5.75 Å². The normalized spacial score (nSPS) is 11.4. The molecule has 158 valence electrons. The Hall–Kier alpha value is -3.29. The number of hydrogen-bond acceptors (Lipinski definition) is 6. The molecule has 6 nitrogen and oxygen atoms in total. The minimum Gasteiger partial charge on any atom is -0.508 e. The van der Waals surface area contributed by atoms with Crippen molar-refractivity contribution in [1.82, 2.24) is 0 Å². The highest BCUT2D eigenvalue weighted by atomic mass is 32.1. The van der Waals surface area contributed by atoms with Gasteiger partial charge in [-0.3, -0.25) is 0 Å². The average molecular weight is 434 g/mol. The number of phenols is 1. The highest BCUT2D eigenvalue weighted by Gasteiger charge is 2.16. The van der Waals surface area contributed by atoms with Gasteiger partial charge in [0.2, 0.25) is 0 Å². The molecule has 0 bridgehead atoms. The predicted molar refractivity (Wildman–Crippen MR) is 125 cm³/mol. The smallest absolute Gasteiger partial charge is 0.409 e. The molecule has 0 atom stereocenters. The van der Waals surface area contributed by atoms with Crippen LogP contribution in [-0.2, 0) is 18.4 Å². The third-order valence-electron chi connectivity index (χ3n) is 5.02. The number of fused-ring (bicyclic) bond motifs is 1. The van der Waals surface area contributed by atoms with E-state index in [4.69, 9.17) is 4.74 Å². The molecule has 7 heteroatoms. The molecule has 0 spiro atoms. The molecule has 0 aliphatic carbocycles. The third kappa shape index (κ3) is 5.25. The average Bonchev–Trinajstić information content (AvgIpc) is 3.10. The van der Waals surface area contributed by atoms with Crippen LogP contribution in [0.5, 0.6) is 5.75 Å². The number of aromatic nitrogens is 1. The second kappa shape index (κ2) is 9.68. The molecule has 0 fully saturated rings. The van der Waals surface area contributed by atoms with E-state index in [9.17, 15) is 5.11 Å². The summed E-state index contributed by atoms with van der Waals surface area (Å²) < 4.78 is 8.72. The number of ether oxygens (including phenoxy) is 1. The van der Waals surface area contributed by atoms with E-state index < -0.39 is 0 Å². The molecule has 0 aliphatic rings. The lowest BCUT2D eigenvalue weighted by atomic mass is 10.2. The van der Waals surface area contributed by atoms with Gasteiger partial charge in [-0.1, -0.05) is 30.3 Å². The van der Waals surface area contributed by atoms with E-state index in [1.807, 2.05) is 60.1 Å². The molecule has 3 aromatic carbocycles. The van der Waals surface area contributed by atoms with Gasteiger partial charge in [0.1, 0.15) is 17.0 Å². The number of azo groups is 1. The second-order valence-corrected chi connectivity index (χ2v) is 8.28. The van der Waals surface area contributed by atoms with E-state index in [0.29, 0.717) is 13.2 Å². The van der Waals surface area contributed by atoms with Gasteiger partial charge >= 0.3 is 5.13 Å². The number of phenolic OH excluding ortho intramolecular Hbond substituents is 1. The number of thiazole rings is 1. The number of aromatic hydroxyl groups is 1. The largest absolute Gasteiger partial charge is 0.508 e. The van der Waals surface area contributed by atoms with Crippen LogP contribution in [0.1, 0.15) is 5.56 Å². The van der Waals surface area contributed by atoms with Crippen LogP contribution in [-0.4, -0.2) is 25.3 Å². The van der Waals surface area contributed by atoms with Crippen molar-refractivity contribution in [2.45, 2.75) is 6.61 Å². The van der Waals surface area contributed by atoms with E-state index in [1.165, 1.54) is 16.9 Å². The van der Waals surface area contributed by atoms with Crippen molar-refractivity contribution in [1.29, 1.82) is 0 Å². The Labute approximate surface area is 185 Å². The van der Waals surface area contributed by atoms with Crippen LogP contribution in [0.2, 0.25) is 0 Å². The molecule has 4 rings (SSSR count). The van der Waals surface area contributed by atoms with E-state index in [1.54, 1.807) is 12.1 Å². The second-order valence-electron chi connectivity index (χ2n) is 7.27. The summed E-state index contributed by atoms with van der Waals surface area (Å²) in [5, 5.41) is 19.2. The zero-order chi connectivity index (χ0) is 21.6. The molecular weight excluding hydrogens is 408 g/mol. The number of nitrogens with zero attached hydrogens (tertiary/aromatic N) is 4. The topological polar surface area (TPSA) is 61.3 Å². The Bertz CT molecular complexity index is 1170. The Morgan fingerprint density at radius 3 is 2.55 bits per heavy atom. The van der Waals surface area contributed by atoms with Gasteiger partial charge in [-0.05, 0) is 58.4 Å². The van der Waals surface area contributed by atoms with Gasteiger partial charge in [0.25, 0.3) is 0 Å². The van der Waals surface area contributed by atoms with Gasteiger partial charge in [-0.15, -0.1) is 0 Å². The monoisotopic (exact) mass is 433 g/mol. The molecule has 4 aromatic rings. The number of anilines is 1. The third-order valence-corrected chi connectivity index (χ3v) is 6.10. The molecule has 0 amide bonds. The van der Waals surface area contributed by atoms with Crippen LogP contribution < -0.4 is 9.47 Å². The lowest BCUT2D eigenvalue weighted by molar-refractivity contribution is -0.627. The maximum absolute atomic E-state index is 9.66. The van der Waals surface area contributed by atoms with Crippen molar-refractivity contribution in [3.05, 3.63) is 78.4 Å². The van der Waals surface area contributed by atoms with Crippen molar-refractivity contribution >= 4 is 38.1 Å². The van der Waals surface area contributed by atoms with Crippen molar-refractivity contribution in [3.63, 3.8) is 0 Å². The lowest BCUT2D eigenvalue weighted by Gasteiger charge is -2.19. The van der Waals surface area contributed by atoms with Crippen molar-refractivity contribution in [2.24, 2.45) is 17.3 Å². The number of likely N-dealkylation sites (N-methyl/N-ethyl adjacent to an activating group) is 1. The molecule has 0 radical (unpaired) electrons. The molecule has 1 heterocycles. The zero-order valence-electron chi connectivity index (χ0n) is 17.6. The first-order valence-electron chi connectivity index (χ1n) is 10.1. The highest BCUT2D eigenvalue weighted by Crippen LogP contribution is 2.30. The summed E-state index contributed by atoms with van der Waals surface area (Å²) in [5.74, 6) is 0.253. The first kappa shape index (κ1) is 21.0. The number of aryl methyl sites for hydroxylation is 1. The summed E-state index contributed by atoms with van der Waals surface area (Å²) in [6.07, 6.45) is 0. The minimum atomic E-state index is 0.253. The van der Waals surface area contributed by atoms with Crippen LogP contribution in [0.3, 0.4) is 0 Å². The van der Waals surface area contributed by atoms with Crippen molar-refractivity contribution < 1.29 is 14.4 Å². The fourth-order valence-corrected chi connectivity index (χ4v) is 4.19. The SMILES string of the molecule is CN(CCOCc1ccccc1)c1ccc(/N=N/c2sc3cc(O)ccc3[n+]2C)cc1. The van der Waals surface area contributed by atoms with E-state index >= 15 is 0 Å². The molecule has 31 heavy (non-hydrogen) atoms. The first-order valence-corrected chi connectivity index (χ1v) is 10.9. The number of rotatable bonds is 8. The van der Waals surface area contributed by atoms with Gasteiger partial charge in [-0.25, -0.2) is 4.57 Å². The lowest BCUT2D eigenvalue weighted by Crippen LogP contribution is -2.25. The standard InChI is InChI=1S/C24H24N4O2S/c1-27(14-15-30-17-18-6-4-3-5-7-18)20-10-8-19(9-11-20)25-26-24-28(2)22-13-12-21(29)16-23(22)31-24/h3-13,16H,14-15,17H2,1-2H3/p+1. The summed E-state index contributed by atoms with van der Waals surface area (Å²) in [5.41, 5.74) is 4.09. The molecule has 1 aromatic heterocycles. The molecule has 1 N–H and O–H groups in total. The minimum absolute atomic E-state index is 0.253. The van der Waals surface area contributed by atoms with Gasteiger partial charge in [0, 0.05) is 25.3 Å². The highest BCUT2D eigenvalue weighted by molar-refractivity contribution is 7.21. The van der Waals surface area contributed by atoms with E-state index in [0.717, 1.165) is 33.3 Å². The van der Waals surface area contributed by atoms with E-state index in [2.05, 4.69) is 34.3 Å². The number of hydrogen-bond donors (Lipinski definition) is 1. The Morgan fingerprint density at radius 1 is 1.00 bits per heavy atom. The summed E-state index contributed by atoms with van der Waals surface area (Å²) in [7, 11) is 4.00. The van der Waals surface area contributed by atoms with Crippen LogP contribution in [0.25, 0.3) is 10.2 Å². The Morgan fingerprint density at radius 2 is 1.77 bits per heavy atom. The Kier molecular flexibility index (Phi) is 6.54. The van der Waals surface area contributed by atoms with Gasteiger partial charge in [-0.2, -0.15) is 0 Å².